The van der Waals surface area contributed by atoms with Crippen molar-refractivity contribution in [2.24, 2.45) is 5.92 Å². The molecule has 2 N–H and O–H groups in total. The molecule has 0 radical (unpaired) electrons. The number of ether oxygens (including phenoxy) is 2. The van der Waals surface area contributed by atoms with Gasteiger partial charge in [-0.25, -0.2) is 0 Å². The molecule has 0 bridgehead atoms. The van der Waals surface area contributed by atoms with Crippen LogP contribution in [0, 0.1) is 5.92 Å². The van der Waals surface area contributed by atoms with Crippen molar-refractivity contribution in [3.05, 3.63) is 34.5 Å². The lowest BCUT2D eigenvalue weighted by atomic mass is 10.2. The first kappa shape index (κ1) is 16.3. The van der Waals surface area contributed by atoms with E-state index in [0.29, 0.717) is 27.8 Å². The number of methoxy groups -OCH3 is 2. The van der Waals surface area contributed by atoms with Gasteiger partial charge < -0.3 is 20.1 Å². The minimum Gasteiger partial charge on any atom is -0.494 e. The summed E-state index contributed by atoms with van der Waals surface area (Å²) in [6.07, 6.45) is 1.83. The van der Waals surface area contributed by atoms with Gasteiger partial charge in [-0.1, -0.05) is 6.07 Å². The number of carbonyl (C=O) groups excluding carboxylic acids is 2. The second-order valence-corrected chi connectivity index (χ2v) is 6.40. The van der Waals surface area contributed by atoms with E-state index in [9.17, 15) is 9.59 Å². The van der Waals surface area contributed by atoms with E-state index in [1.165, 1.54) is 25.6 Å². The molecule has 1 saturated carbocycles. The second kappa shape index (κ2) is 6.92. The molecule has 1 aromatic carbocycles. The van der Waals surface area contributed by atoms with Crippen molar-refractivity contribution in [2.45, 2.75) is 12.8 Å². The Morgan fingerprint density at radius 2 is 1.71 bits per heavy atom. The highest BCUT2D eigenvalue weighted by atomic mass is 32.1. The molecule has 7 heteroatoms. The average Bonchev–Trinajstić information content (AvgIpc) is 3.30. The highest BCUT2D eigenvalue weighted by molar-refractivity contribution is 7.12. The molecule has 1 fully saturated rings. The molecule has 0 atom stereocenters. The molecular weight excluding hydrogens is 328 g/mol. The lowest BCUT2D eigenvalue weighted by Gasteiger charge is -2.16. The van der Waals surface area contributed by atoms with Crippen molar-refractivity contribution < 1.29 is 19.1 Å². The summed E-state index contributed by atoms with van der Waals surface area (Å²) in [6.45, 7) is 0. The van der Waals surface area contributed by atoms with Gasteiger partial charge in [0.2, 0.25) is 5.91 Å². The second-order valence-electron chi connectivity index (χ2n) is 5.45. The molecular formula is C17H18N2O4S. The molecule has 3 rings (SSSR count). The predicted molar refractivity (Wildman–Crippen MR) is 93.2 cm³/mol. The Labute approximate surface area is 143 Å². The molecule has 1 heterocycles. The summed E-state index contributed by atoms with van der Waals surface area (Å²) in [7, 11) is 3.02. The highest BCUT2D eigenvalue weighted by Crippen LogP contribution is 2.38. The van der Waals surface area contributed by atoms with Crippen molar-refractivity contribution in [2.75, 3.05) is 24.9 Å². The van der Waals surface area contributed by atoms with E-state index < -0.39 is 0 Å². The third-order valence-corrected chi connectivity index (χ3v) is 4.59. The fraction of sp³-hybridized carbons (Fsp3) is 0.294. The molecule has 0 spiro atoms. The molecule has 1 aliphatic carbocycles. The fourth-order valence-electron chi connectivity index (χ4n) is 2.27. The van der Waals surface area contributed by atoms with Crippen LogP contribution in [0.4, 0.5) is 11.4 Å². The summed E-state index contributed by atoms with van der Waals surface area (Å²) >= 11 is 1.35. The van der Waals surface area contributed by atoms with Crippen LogP contribution in [0.25, 0.3) is 0 Å². The predicted octanol–water partition coefficient (Wildman–Crippen LogP) is 3.37. The van der Waals surface area contributed by atoms with Crippen LogP contribution in [0.1, 0.15) is 22.5 Å². The lowest BCUT2D eigenvalue weighted by Crippen LogP contribution is -2.15. The normalized spacial score (nSPS) is 13.2. The van der Waals surface area contributed by atoms with E-state index in [0.717, 1.165) is 12.8 Å². The van der Waals surface area contributed by atoms with E-state index in [2.05, 4.69) is 10.6 Å². The SMILES string of the molecule is COc1cc(NC(=O)C2CC2)c(OC)cc1NC(=O)c1cccs1. The van der Waals surface area contributed by atoms with Crippen molar-refractivity contribution >= 4 is 34.5 Å². The number of rotatable bonds is 6. The van der Waals surface area contributed by atoms with Crippen LogP contribution < -0.4 is 20.1 Å². The van der Waals surface area contributed by atoms with Crippen LogP contribution >= 0.6 is 11.3 Å². The van der Waals surface area contributed by atoms with Gasteiger partial charge in [0, 0.05) is 18.1 Å². The van der Waals surface area contributed by atoms with Crippen LogP contribution in [-0.2, 0) is 4.79 Å². The molecule has 1 aliphatic rings. The Kier molecular flexibility index (Phi) is 4.71. The number of benzene rings is 1. The van der Waals surface area contributed by atoms with Gasteiger partial charge in [0.05, 0.1) is 30.5 Å². The van der Waals surface area contributed by atoms with Gasteiger partial charge >= 0.3 is 0 Å². The Bertz CT molecular complexity index is 754. The Morgan fingerprint density at radius 3 is 2.21 bits per heavy atom. The van der Waals surface area contributed by atoms with Gasteiger partial charge in [0.1, 0.15) is 11.5 Å². The van der Waals surface area contributed by atoms with Crippen molar-refractivity contribution in [3.63, 3.8) is 0 Å². The summed E-state index contributed by atoms with van der Waals surface area (Å²) in [6, 6.07) is 6.86. The number of carbonyl (C=O) groups is 2. The zero-order valence-corrected chi connectivity index (χ0v) is 14.2. The Morgan fingerprint density at radius 1 is 1.08 bits per heavy atom. The summed E-state index contributed by atoms with van der Waals surface area (Å²) in [5, 5.41) is 7.50. The zero-order chi connectivity index (χ0) is 17.1. The van der Waals surface area contributed by atoms with Gasteiger partial charge in [0.25, 0.3) is 5.91 Å². The van der Waals surface area contributed by atoms with E-state index in [-0.39, 0.29) is 17.7 Å². The molecule has 24 heavy (non-hydrogen) atoms. The maximum Gasteiger partial charge on any atom is 0.265 e. The van der Waals surface area contributed by atoms with Crippen LogP contribution in [0.2, 0.25) is 0 Å². The standard InChI is InChI=1S/C17H18N2O4S/c1-22-13-9-12(19-17(21)15-4-3-7-24-15)14(23-2)8-11(13)18-16(20)10-5-6-10/h3-4,7-10H,5-6H2,1-2H3,(H,18,20)(H,19,21). The van der Waals surface area contributed by atoms with Crippen molar-refractivity contribution in [1.29, 1.82) is 0 Å². The monoisotopic (exact) mass is 346 g/mol. The van der Waals surface area contributed by atoms with E-state index in [4.69, 9.17) is 9.47 Å². The maximum atomic E-state index is 12.2. The molecule has 0 saturated heterocycles. The topological polar surface area (TPSA) is 76.7 Å². The number of nitrogens with one attached hydrogen (secondary N) is 2. The van der Waals surface area contributed by atoms with Gasteiger partial charge in [-0.15, -0.1) is 11.3 Å². The summed E-state index contributed by atoms with van der Waals surface area (Å²) < 4.78 is 10.7. The van der Waals surface area contributed by atoms with Crippen molar-refractivity contribution in [3.8, 4) is 11.5 Å². The zero-order valence-electron chi connectivity index (χ0n) is 13.4. The molecule has 2 aromatic rings. The van der Waals surface area contributed by atoms with Gasteiger partial charge in [-0.2, -0.15) is 0 Å². The third-order valence-electron chi connectivity index (χ3n) is 3.72. The summed E-state index contributed by atoms with van der Waals surface area (Å²) in [4.78, 5) is 24.8. The number of hydrogen-bond acceptors (Lipinski definition) is 5. The first-order valence-electron chi connectivity index (χ1n) is 7.54. The maximum absolute atomic E-state index is 12.2. The number of hydrogen-bond donors (Lipinski definition) is 2. The molecule has 2 amide bonds. The minimum absolute atomic E-state index is 0.0225. The molecule has 1 aromatic heterocycles. The Hall–Kier alpha value is -2.54. The van der Waals surface area contributed by atoms with Gasteiger partial charge in [0.15, 0.2) is 0 Å². The van der Waals surface area contributed by atoms with Crippen LogP contribution in [0.15, 0.2) is 29.6 Å². The third kappa shape index (κ3) is 3.51. The summed E-state index contributed by atoms with van der Waals surface area (Å²) in [5.41, 5.74) is 1.01. The van der Waals surface area contributed by atoms with E-state index in [1.807, 2.05) is 11.4 Å². The average molecular weight is 346 g/mol. The van der Waals surface area contributed by atoms with E-state index >= 15 is 0 Å². The lowest BCUT2D eigenvalue weighted by molar-refractivity contribution is -0.117. The first-order valence-corrected chi connectivity index (χ1v) is 8.42. The smallest absolute Gasteiger partial charge is 0.265 e. The first-order chi connectivity index (χ1) is 11.6. The molecule has 0 unspecified atom stereocenters. The number of anilines is 2. The summed E-state index contributed by atoms with van der Waals surface area (Å²) in [5.74, 6) is 0.753. The quantitative estimate of drug-likeness (QED) is 0.841. The van der Waals surface area contributed by atoms with Crippen LogP contribution in [-0.4, -0.2) is 26.0 Å². The molecule has 0 aliphatic heterocycles. The van der Waals surface area contributed by atoms with E-state index in [1.54, 1.807) is 18.2 Å². The van der Waals surface area contributed by atoms with Gasteiger partial charge in [-0.3, -0.25) is 9.59 Å². The number of thiophene rings is 1. The van der Waals surface area contributed by atoms with Crippen LogP contribution in [0.5, 0.6) is 11.5 Å². The largest absolute Gasteiger partial charge is 0.494 e. The number of amides is 2. The Balaban J connectivity index is 1.85. The molecule has 126 valence electrons. The van der Waals surface area contributed by atoms with Gasteiger partial charge in [-0.05, 0) is 24.3 Å². The fourth-order valence-corrected chi connectivity index (χ4v) is 2.88. The van der Waals surface area contributed by atoms with Crippen molar-refractivity contribution in [1.82, 2.24) is 0 Å². The highest BCUT2D eigenvalue weighted by Gasteiger charge is 2.30. The minimum atomic E-state index is -0.222. The molecule has 6 nitrogen and oxygen atoms in total. The van der Waals surface area contributed by atoms with Crippen LogP contribution in [0.3, 0.4) is 0 Å².